The van der Waals surface area contributed by atoms with Gasteiger partial charge < -0.3 is 40.3 Å². The number of amides is 1. The number of carbonyl (C=O) groups is 1. The summed E-state index contributed by atoms with van der Waals surface area (Å²) < 4.78 is 11.2. The molecule has 1 aliphatic heterocycles. The summed E-state index contributed by atoms with van der Waals surface area (Å²) in [6, 6.07) is -0.799. The summed E-state index contributed by atoms with van der Waals surface area (Å²) in [5, 5.41) is 54.2. The van der Waals surface area contributed by atoms with Crippen molar-refractivity contribution >= 4 is 5.91 Å². The summed E-state index contributed by atoms with van der Waals surface area (Å²) in [6.45, 7) is 6.10. The van der Waals surface area contributed by atoms with E-state index in [1.807, 2.05) is 6.08 Å². The lowest BCUT2D eigenvalue weighted by Gasteiger charge is -2.40. The van der Waals surface area contributed by atoms with Crippen molar-refractivity contribution in [3.63, 3.8) is 0 Å². The van der Waals surface area contributed by atoms with E-state index in [0.717, 1.165) is 44.4 Å². The molecule has 0 aliphatic carbocycles. The first-order chi connectivity index (χ1) is 27.2. The van der Waals surface area contributed by atoms with Gasteiger partial charge in [0.2, 0.25) is 5.91 Å². The van der Waals surface area contributed by atoms with E-state index in [9.17, 15) is 30.3 Å². The van der Waals surface area contributed by atoms with Gasteiger partial charge in [-0.05, 0) is 25.2 Å². The highest BCUT2D eigenvalue weighted by Gasteiger charge is 2.44. The standard InChI is InChI=1S/C47H91NO8/c1-4-5-6-7-8-9-10-11-12-13-14-15-16-17-18-19-24-27-30-33-36-43(51)48-40(38-55-47-46(54)45(53)44(52)42(37-49)56-47)41(50)35-32-29-26-23-21-20-22-25-28-31-34-39(2)3/h32,35,39-42,44-47,49-50,52-54H,4-31,33-34,36-38H2,1-3H3,(H,48,51). The van der Waals surface area contributed by atoms with Crippen LogP contribution in [0.15, 0.2) is 12.2 Å². The molecule has 0 aromatic carbocycles. The lowest BCUT2D eigenvalue weighted by molar-refractivity contribution is -0.302. The molecule has 7 atom stereocenters. The Labute approximate surface area is 344 Å². The van der Waals surface area contributed by atoms with Crippen LogP contribution in [-0.2, 0) is 14.3 Å². The summed E-state index contributed by atoms with van der Waals surface area (Å²) >= 11 is 0. The van der Waals surface area contributed by atoms with Crippen LogP contribution in [0.3, 0.4) is 0 Å². The molecule has 9 nitrogen and oxygen atoms in total. The molecule has 332 valence electrons. The van der Waals surface area contributed by atoms with Crippen molar-refractivity contribution < 1.29 is 39.8 Å². The molecule has 7 unspecified atom stereocenters. The quantitative estimate of drug-likeness (QED) is 0.0266. The first kappa shape index (κ1) is 52.9. The zero-order chi connectivity index (χ0) is 41.1. The molecule has 0 spiro atoms. The second-order valence-corrected chi connectivity index (χ2v) is 17.4. The van der Waals surface area contributed by atoms with Gasteiger partial charge in [-0.3, -0.25) is 4.79 Å². The number of carbonyl (C=O) groups excluding carboxylic acids is 1. The highest BCUT2D eigenvalue weighted by Crippen LogP contribution is 2.23. The average Bonchev–Trinajstić information content (AvgIpc) is 3.18. The molecule has 1 aliphatic rings. The number of aliphatic hydroxyl groups is 5. The van der Waals surface area contributed by atoms with Gasteiger partial charge >= 0.3 is 0 Å². The minimum Gasteiger partial charge on any atom is -0.394 e. The molecule has 0 saturated carbocycles. The van der Waals surface area contributed by atoms with Crippen molar-refractivity contribution in [2.24, 2.45) is 5.92 Å². The maximum absolute atomic E-state index is 13.0. The fourth-order valence-electron chi connectivity index (χ4n) is 7.69. The molecule has 1 amide bonds. The van der Waals surface area contributed by atoms with Gasteiger partial charge in [-0.2, -0.15) is 0 Å². The monoisotopic (exact) mass is 798 g/mol. The Morgan fingerprint density at radius 3 is 1.55 bits per heavy atom. The Morgan fingerprint density at radius 2 is 1.09 bits per heavy atom. The lowest BCUT2D eigenvalue weighted by atomic mass is 9.99. The molecule has 1 heterocycles. The summed E-state index contributed by atoms with van der Waals surface area (Å²) in [7, 11) is 0. The summed E-state index contributed by atoms with van der Waals surface area (Å²) in [6.07, 6.45) is 34.1. The van der Waals surface area contributed by atoms with Crippen LogP contribution in [-0.4, -0.2) is 87.5 Å². The number of allylic oxidation sites excluding steroid dienone is 1. The fourth-order valence-corrected chi connectivity index (χ4v) is 7.69. The van der Waals surface area contributed by atoms with Crippen LogP contribution in [0.4, 0.5) is 0 Å². The Balaban J connectivity index is 2.30. The van der Waals surface area contributed by atoms with E-state index >= 15 is 0 Å². The molecule has 6 N–H and O–H groups in total. The van der Waals surface area contributed by atoms with E-state index in [-0.39, 0.29) is 12.5 Å². The zero-order valence-corrected chi connectivity index (χ0v) is 36.6. The van der Waals surface area contributed by atoms with Gasteiger partial charge in [-0.25, -0.2) is 0 Å². The van der Waals surface area contributed by atoms with Gasteiger partial charge in [-0.15, -0.1) is 0 Å². The first-order valence-corrected chi connectivity index (χ1v) is 23.8. The molecule has 0 bridgehead atoms. The zero-order valence-electron chi connectivity index (χ0n) is 36.6. The van der Waals surface area contributed by atoms with Gasteiger partial charge in [-0.1, -0.05) is 206 Å². The van der Waals surface area contributed by atoms with E-state index in [0.29, 0.717) is 6.42 Å². The van der Waals surface area contributed by atoms with E-state index in [1.165, 1.54) is 154 Å². The van der Waals surface area contributed by atoms with Crippen molar-refractivity contribution in [1.82, 2.24) is 5.32 Å². The van der Waals surface area contributed by atoms with Gasteiger partial charge in [0.25, 0.3) is 0 Å². The van der Waals surface area contributed by atoms with Crippen molar-refractivity contribution in [1.29, 1.82) is 0 Å². The normalized spacial score (nSPS) is 21.3. The Kier molecular flexibility index (Phi) is 35.0. The van der Waals surface area contributed by atoms with E-state index in [4.69, 9.17) is 9.47 Å². The predicted molar refractivity (Wildman–Crippen MR) is 230 cm³/mol. The topological polar surface area (TPSA) is 149 Å². The van der Waals surface area contributed by atoms with Crippen LogP contribution in [0.1, 0.15) is 220 Å². The molecular formula is C47H91NO8. The van der Waals surface area contributed by atoms with Crippen LogP contribution in [0.25, 0.3) is 0 Å². The maximum atomic E-state index is 13.0. The molecule has 56 heavy (non-hydrogen) atoms. The van der Waals surface area contributed by atoms with Crippen molar-refractivity contribution in [2.75, 3.05) is 13.2 Å². The van der Waals surface area contributed by atoms with Crippen molar-refractivity contribution in [3.05, 3.63) is 12.2 Å². The summed E-state index contributed by atoms with van der Waals surface area (Å²) in [4.78, 5) is 13.0. The molecule has 1 saturated heterocycles. The van der Waals surface area contributed by atoms with E-state index < -0.39 is 49.5 Å². The van der Waals surface area contributed by atoms with Crippen molar-refractivity contribution in [3.8, 4) is 0 Å². The number of unbranched alkanes of at least 4 members (excludes halogenated alkanes) is 27. The van der Waals surface area contributed by atoms with Crippen LogP contribution in [0, 0.1) is 5.92 Å². The predicted octanol–water partition coefficient (Wildman–Crippen LogP) is 9.97. The Bertz CT molecular complexity index is 901. The van der Waals surface area contributed by atoms with Crippen LogP contribution < -0.4 is 5.32 Å². The van der Waals surface area contributed by atoms with Gasteiger partial charge in [0.15, 0.2) is 6.29 Å². The summed E-state index contributed by atoms with van der Waals surface area (Å²) in [5.74, 6) is 0.618. The Morgan fingerprint density at radius 1 is 0.643 bits per heavy atom. The van der Waals surface area contributed by atoms with E-state index in [2.05, 4.69) is 26.1 Å². The average molecular weight is 798 g/mol. The first-order valence-electron chi connectivity index (χ1n) is 23.8. The second-order valence-electron chi connectivity index (χ2n) is 17.4. The number of hydrogen-bond acceptors (Lipinski definition) is 8. The third-order valence-corrected chi connectivity index (χ3v) is 11.5. The molecule has 1 fully saturated rings. The van der Waals surface area contributed by atoms with Crippen LogP contribution >= 0.6 is 0 Å². The van der Waals surface area contributed by atoms with Gasteiger partial charge in [0.1, 0.15) is 24.4 Å². The molecular weight excluding hydrogens is 707 g/mol. The van der Waals surface area contributed by atoms with Crippen LogP contribution in [0.2, 0.25) is 0 Å². The third kappa shape index (κ3) is 28.4. The Hall–Kier alpha value is -1.07. The number of hydrogen-bond donors (Lipinski definition) is 6. The lowest BCUT2D eigenvalue weighted by Crippen LogP contribution is -2.60. The SMILES string of the molecule is CCCCCCCCCCCCCCCCCCCCCCC(=O)NC(COC1OC(CO)C(O)C(O)C1O)C(O)C=CCCCCCCCCCCC(C)C. The minimum atomic E-state index is -1.56. The molecule has 0 radical (unpaired) electrons. The molecule has 0 aromatic heterocycles. The third-order valence-electron chi connectivity index (χ3n) is 11.5. The number of rotatable bonds is 39. The molecule has 9 heteroatoms. The second kappa shape index (κ2) is 37.0. The molecule has 0 aromatic rings. The highest BCUT2D eigenvalue weighted by molar-refractivity contribution is 5.76. The molecule has 1 rings (SSSR count). The number of aliphatic hydroxyl groups excluding tert-OH is 5. The smallest absolute Gasteiger partial charge is 0.220 e. The van der Waals surface area contributed by atoms with Gasteiger partial charge in [0.05, 0.1) is 25.4 Å². The maximum Gasteiger partial charge on any atom is 0.220 e. The highest BCUT2D eigenvalue weighted by atomic mass is 16.7. The summed E-state index contributed by atoms with van der Waals surface area (Å²) in [5.41, 5.74) is 0. The largest absolute Gasteiger partial charge is 0.394 e. The van der Waals surface area contributed by atoms with Crippen molar-refractivity contribution in [2.45, 2.75) is 263 Å². The van der Waals surface area contributed by atoms with Gasteiger partial charge in [0, 0.05) is 6.42 Å². The number of ether oxygens (including phenoxy) is 2. The number of nitrogens with one attached hydrogen (secondary N) is 1. The minimum absolute atomic E-state index is 0.175. The van der Waals surface area contributed by atoms with Crippen LogP contribution in [0.5, 0.6) is 0 Å². The van der Waals surface area contributed by atoms with E-state index in [1.54, 1.807) is 6.08 Å². The fraction of sp³-hybridized carbons (Fsp3) is 0.936.